The van der Waals surface area contributed by atoms with E-state index in [1.54, 1.807) is 0 Å². The number of unbranched alkanes of at least 4 members (excludes halogenated alkanes) is 3. The van der Waals surface area contributed by atoms with Crippen molar-refractivity contribution < 1.29 is 0 Å². The minimum Gasteiger partial charge on any atom is -0.103 e. The maximum absolute atomic E-state index is 3.78. The number of hydrogen-bond acceptors (Lipinski definition) is 0. The maximum atomic E-state index is 3.78. The summed E-state index contributed by atoms with van der Waals surface area (Å²) in [6, 6.07) is 0. The van der Waals surface area contributed by atoms with Crippen LogP contribution in [0.5, 0.6) is 0 Å². The van der Waals surface area contributed by atoms with Gasteiger partial charge in [-0.05, 0) is 52.9 Å². The van der Waals surface area contributed by atoms with Gasteiger partial charge in [-0.2, -0.15) is 0 Å². The van der Waals surface area contributed by atoms with Crippen LogP contribution in [0.1, 0.15) is 59.3 Å². The average Bonchev–Trinajstić information content (AvgIpc) is 2.21. The second kappa shape index (κ2) is 9.76. The summed E-state index contributed by atoms with van der Waals surface area (Å²) in [7, 11) is 0. The molecule has 86 valence electrons. The van der Waals surface area contributed by atoms with Crippen LogP contribution in [0, 0.1) is 0 Å². The second-order valence-electron chi connectivity index (χ2n) is 4.32. The van der Waals surface area contributed by atoms with E-state index in [-0.39, 0.29) is 0 Å². The molecule has 0 fully saturated rings. The van der Waals surface area contributed by atoms with Crippen LogP contribution in [0.4, 0.5) is 0 Å². The van der Waals surface area contributed by atoms with Gasteiger partial charge in [-0.3, -0.25) is 0 Å². The molecule has 0 amide bonds. The van der Waals surface area contributed by atoms with Gasteiger partial charge in [-0.15, -0.1) is 6.58 Å². The molecule has 0 aromatic heterocycles. The smallest absolute Gasteiger partial charge is 0.0142 e. The molecule has 0 saturated heterocycles. The Labute approximate surface area is 95.8 Å². The molecule has 0 radical (unpaired) electrons. The van der Waals surface area contributed by atoms with E-state index in [2.05, 4.69) is 39.5 Å². The number of allylic oxidation sites excluding steroid dienone is 5. The Morgan fingerprint density at radius 2 is 1.87 bits per heavy atom. The molecule has 0 heteroatoms. The molecule has 0 aliphatic rings. The van der Waals surface area contributed by atoms with Crippen molar-refractivity contribution in [1.29, 1.82) is 0 Å². The van der Waals surface area contributed by atoms with Crippen LogP contribution in [0.15, 0.2) is 36.0 Å². The zero-order valence-corrected chi connectivity index (χ0v) is 10.7. The van der Waals surface area contributed by atoms with Crippen LogP contribution in [0.25, 0.3) is 0 Å². The van der Waals surface area contributed by atoms with Crippen LogP contribution >= 0.6 is 0 Å². The topological polar surface area (TPSA) is 0 Å². The van der Waals surface area contributed by atoms with E-state index in [0.717, 1.165) is 6.42 Å². The highest BCUT2D eigenvalue weighted by Gasteiger charge is 1.94. The van der Waals surface area contributed by atoms with Crippen molar-refractivity contribution in [3.63, 3.8) is 0 Å². The highest BCUT2D eigenvalue weighted by Crippen LogP contribution is 2.14. The van der Waals surface area contributed by atoms with E-state index in [9.17, 15) is 0 Å². The molecule has 0 N–H and O–H groups in total. The molecule has 0 aromatic rings. The van der Waals surface area contributed by atoms with Crippen molar-refractivity contribution in [2.75, 3.05) is 0 Å². The summed E-state index contributed by atoms with van der Waals surface area (Å²) in [6.45, 7) is 10.2. The molecule has 0 heterocycles. The van der Waals surface area contributed by atoms with Crippen molar-refractivity contribution >= 4 is 0 Å². The van der Waals surface area contributed by atoms with Gasteiger partial charge in [0.15, 0.2) is 0 Å². The van der Waals surface area contributed by atoms with Gasteiger partial charge in [0.2, 0.25) is 0 Å². The first-order valence-corrected chi connectivity index (χ1v) is 6.09. The molecule has 0 bridgehead atoms. The van der Waals surface area contributed by atoms with Gasteiger partial charge in [0.1, 0.15) is 0 Å². The van der Waals surface area contributed by atoms with Gasteiger partial charge < -0.3 is 0 Å². The Hall–Kier alpha value is -0.780. The first-order valence-electron chi connectivity index (χ1n) is 6.09. The van der Waals surface area contributed by atoms with Gasteiger partial charge in [-0.25, -0.2) is 0 Å². The van der Waals surface area contributed by atoms with E-state index in [4.69, 9.17) is 0 Å². The quantitative estimate of drug-likeness (QED) is 0.367. The standard InChI is InChI=1S/C15H26/c1-5-11-15(6-2)13-10-8-7-9-12-14(3)4/h5-6,12H,1,7-11,13H2,2-4H3/b15-6-. The molecule has 0 aliphatic heterocycles. The zero-order valence-electron chi connectivity index (χ0n) is 10.7. The normalized spacial score (nSPS) is 11.3. The van der Waals surface area contributed by atoms with E-state index in [1.165, 1.54) is 43.3 Å². The largest absolute Gasteiger partial charge is 0.103 e. The fourth-order valence-electron chi connectivity index (χ4n) is 1.61. The Morgan fingerprint density at radius 1 is 1.13 bits per heavy atom. The number of hydrogen-bond donors (Lipinski definition) is 0. The summed E-state index contributed by atoms with van der Waals surface area (Å²) in [5, 5.41) is 0. The highest BCUT2D eigenvalue weighted by molar-refractivity contribution is 5.04. The SMILES string of the molecule is C=CC/C(=C/C)CCCCCC=C(C)C. The minimum atomic E-state index is 1.06. The monoisotopic (exact) mass is 206 g/mol. The van der Waals surface area contributed by atoms with Crippen molar-refractivity contribution in [3.8, 4) is 0 Å². The highest BCUT2D eigenvalue weighted by atomic mass is 14.0. The van der Waals surface area contributed by atoms with Crippen molar-refractivity contribution in [1.82, 2.24) is 0 Å². The van der Waals surface area contributed by atoms with Crippen LogP contribution in [-0.4, -0.2) is 0 Å². The van der Waals surface area contributed by atoms with Crippen LogP contribution in [0.3, 0.4) is 0 Å². The lowest BCUT2D eigenvalue weighted by Crippen LogP contribution is -1.83. The summed E-state index contributed by atoms with van der Waals surface area (Å²) in [5.74, 6) is 0. The third-order valence-electron chi connectivity index (χ3n) is 2.57. The average molecular weight is 206 g/mol. The molecule has 0 spiro atoms. The molecule has 15 heavy (non-hydrogen) atoms. The molecule has 0 nitrogen and oxygen atoms in total. The van der Waals surface area contributed by atoms with E-state index < -0.39 is 0 Å². The van der Waals surface area contributed by atoms with Crippen LogP contribution in [-0.2, 0) is 0 Å². The van der Waals surface area contributed by atoms with Crippen LogP contribution < -0.4 is 0 Å². The van der Waals surface area contributed by atoms with Gasteiger partial charge in [0, 0.05) is 0 Å². The van der Waals surface area contributed by atoms with Crippen LogP contribution in [0.2, 0.25) is 0 Å². The zero-order chi connectivity index (χ0) is 11.5. The van der Waals surface area contributed by atoms with E-state index in [1.807, 2.05) is 6.08 Å². The van der Waals surface area contributed by atoms with Gasteiger partial charge >= 0.3 is 0 Å². The summed E-state index contributed by atoms with van der Waals surface area (Å²) in [6.07, 6.45) is 14.1. The van der Waals surface area contributed by atoms with Gasteiger partial charge in [-0.1, -0.05) is 35.8 Å². The first-order chi connectivity index (χ1) is 7.20. The first kappa shape index (κ1) is 14.2. The third kappa shape index (κ3) is 9.52. The summed E-state index contributed by atoms with van der Waals surface area (Å²) in [5.41, 5.74) is 2.98. The fourth-order valence-corrected chi connectivity index (χ4v) is 1.61. The summed E-state index contributed by atoms with van der Waals surface area (Å²) >= 11 is 0. The van der Waals surface area contributed by atoms with Crippen molar-refractivity contribution in [3.05, 3.63) is 36.0 Å². The Kier molecular flexibility index (Phi) is 9.26. The predicted octanol–water partition coefficient (Wildman–Crippen LogP) is 5.43. The lowest BCUT2D eigenvalue weighted by Gasteiger charge is -2.03. The van der Waals surface area contributed by atoms with Crippen molar-refractivity contribution in [2.45, 2.75) is 59.3 Å². The Balaban J connectivity index is 3.45. The van der Waals surface area contributed by atoms with E-state index in [0.29, 0.717) is 0 Å². The Bertz CT molecular complexity index is 214. The summed E-state index contributed by atoms with van der Waals surface area (Å²) < 4.78 is 0. The molecular weight excluding hydrogens is 180 g/mol. The third-order valence-corrected chi connectivity index (χ3v) is 2.57. The molecule has 0 saturated carbocycles. The molecule has 0 aromatic carbocycles. The second-order valence-corrected chi connectivity index (χ2v) is 4.32. The Morgan fingerprint density at radius 3 is 2.40 bits per heavy atom. The number of rotatable bonds is 8. The minimum absolute atomic E-state index is 1.06. The van der Waals surface area contributed by atoms with E-state index >= 15 is 0 Å². The molecule has 0 rings (SSSR count). The fraction of sp³-hybridized carbons (Fsp3) is 0.600. The predicted molar refractivity (Wildman–Crippen MR) is 71.1 cm³/mol. The lowest BCUT2D eigenvalue weighted by atomic mass is 10.0. The molecule has 0 unspecified atom stereocenters. The lowest BCUT2D eigenvalue weighted by molar-refractivity contribution is 0.677. The molecule has 0 aliphatic carbocycles. The van der Waals surface area contributed by atoms with Gasteiger partial charge in [0.25, 0.3) is 0 Å². The van der Waals surface area contributed by atoms with Gasteiger partial charge in [0.05, 0.1) is 0 Å². The molecule has 0 atom stereocenters. The van der Waals surface area contributed by atoms with Crippen molar-refractivity contribution in [2.24, 2.45) is 0 Å². The summed E-state index contributed by atoms with van der Waals surface area (Å²) in [4.78, 5) is 0. The maximum Gasteiger partial charge on any atom is -0.0142 e. The molecular formula is C15H26.